The zero-order valence-electron chi connectivity index (χ0n) is 18.3. The van der Waals surface area contributed by atoms with Gasteiger partial charge in [0.25, 0.3) is 0 Å². The summed E-state index contributed by atoms with van der Waals surface area (Å²) >= 11 is 0. The van der Waals surface area contributed by atoms with E-state index in [-0.39, 0.29) is 30.2 Å². The lowest BCUT2D eigenvalue weighted by atomic mass is 10.1. The van der Waals surface area contributed by atoms with E-state index >= 15 is 0 Å². The van der Waals surface area contributed by atoms with Crippen LogP contribution in [0.2, 0.25) is 0 Å². The molecule has 1 aromatic carbocycles. The lowest BCUT2D eigenvalue weighted by Crippen LogP contribution is -2.35. The predicted molar refractivity (Wildman–Crippen MR) is 113 cm³/mol. The molecular weight excluding hydrogens is 398 g/mol. The van der Waals surface area contributed by atoms with Gasteiger partial charge in [-0.05, 0) is 37.5 Å². The number of carbonyl (C=O) groups is 2. The van der Waals surface area contributed by atoms with Crippen LogP contribution in [0.15, 0.2) is 18.2 Å². The van der Waals surface area contributed by atoms with E-state index in [9.17, 15) is 9.59 Å². The van der Waals surface area contributed by atoms with E-state index in [4.69, 9.17) is 9.47 Å². The number of amides is 2. The summed E-state index contributed by atoms with van der Waals surface area (Å²) in [7, 11) is 3.20. The van der Waals surface area contributed by atoms with Gasteiger partial charge in [0.2, 0.25) is 11.8 Å². The van der Waals surface area contributed by atoms with Crippen molar-refractivity contribution >= 4 is 11.8 Å². The lowest BCUT2D eigenvalue weighted by molar-refractivity contribution is -0.129. The molecule has 4 rings (SSSR count). The highest BCUT2D eigenvalue weighted by Crippen LogP contribution is 2.28. The van der Waals surface area contributed by atoms with Crippen LogP contribution >= 0.6 is 0 Å². The van der Waals surface area contributed by atoms with E-state index in [1.54, 1.807) is 19.1 Å². The van der Waals surface area contributed by atoms with Crippen molar-refractivity contribution in [1.29, 1.82) is 0 Å². The number of aryl methyl sites for hydroxylation is 1. The molecule has 1 saturated heterocycles. The maximum atomic E-state index is 12.8. The molecule has 3 heterocycles. The van der Waals surface area contributed by atoms with Crippen LogP contribution in [0.1, 0.15) is 43.0 Å². The molecule has 1 aromatic heterocycles. The number of likely N-dealkylation sites (tertiary alicyclic amines) is 1. The second-order valence-corrected chi connectivity index (χ2v) is 8.14. The molecule has 1 fully saturated rings. The molecule has 0 aliphatic carbocycles. The molecule has 31 heavy (non-hydrogen) atoms. The van der Waals surface area contributed by atoms with E-state index in [0.717, 1.165) is 36.6 Å². The summed E-state index contributed by atoms with van der Waals surface area (Å²) < 4.78 is 12.7. The smallest absolute Gasteiger partial charge is 0.226 e. The zero-order valence-corrected chi connectivity index (χ0v) is 18.3. The van der Waals surface area contributed by atoms with Crippen LogP contribution in [0.5, 0.6) is 11.5 Å². The fraction of sp³-hybridized carbons (Fsp3) is 0.545. The molecule has 2 aliphatic heterocycles. The fourth-order valence-corrected chi connectivity index (χ4v) is 4.35. The second-order valence-electron chi connectivity index (χ2n) is 8.14. The number of ether oxygens (including phenoxy) is 2. The molecule has 0 saturated carbocycles. The topological polar surface area (TPSA) is 98.6 Å². The molecule has 0 spiro atoms. The van der Waals surface area contributed by atoms with Gasteiger partial charge in [0, 0.05) is 32.5 Å². The molecule has 166 valence electrons. The molecule has 0 unspecified atom stereocenters. The number of carbonyl (C=O) groups excluding carboxylic acids is 2. The van der Waals surface area contributed by atoms with Gasteiger partial charge in [0.05, 0.1) is 26.2 Å². The first kappa shape index (κ1) is 21.1. The average molecular weight is 428 g/mol. The Kier molecular flexibility index (Phi) is 6.11. The molecule has 9 nitrogen and oxygen atoms in total. The Labute approximate surface area is 181 Å². The van der Waals surface area contributed by atoms with Crippen LogP contribution in [0, 0.1) is 5.92 Å². The van der Waals surface area contributed by atoms with Crippen LogP contribution in [-0.2, 0) is 29.0 Å². The Morgan fingerprint density at radius 3 is 2.84 bits per heavy atom. The molecule has 0 bridgehead atoms. The van der Waals surface area contributed by atoms with Crippen LogP contribution < -0.4 is 14.8 Å². The first-order valence-corrected chi connectivity index (χ1v) is 10.7. The maximum absolute atomic E-state index is 12.8. The third-order valence-electron chi connectivity index (χ3n) is 6.09. The minimum Gasteiger partial charge on any atom is -0.493 e. The van der Waals surface area contributed by atoms with Crippen molar-refractivity contribution in [3.05, 3.63) is 35.4 Å². The number of hydrogen-bond acceptors (Lipinski definition) is 6. The highest BCUT2D eigenvalue weighted by Gasteiger charge is 2.35. The van der Waals surface area contributed by atoms with E-state index in [1.165, 1.54) is 0 Å². The summed E-state index contributed by atoms with van der Waals surface area (Å²) in [6.07, 6.45) is 2.91. The number of fused-ring (bicyclic) bond motifs is 1. The summed E-state index contributed by atoms with van der Waals surface area (Å²) in [6.45, 7) is 3.80. The van der Waals surface area contributed by atoms with Crippen molar-refractivity contribution in [3.63, 3.8) is 0 Å². The van der Waals surface area contributed by atoms with E-state index in [2.05, 4.69) is 20.1 Å². The Hall–Kier alpha value is -3.10. The van der Waals surface area contributed by atoms with Crippen LogP contribution in [-0.4, -0.2) is 58.8 Å². The highest BCUT2D eigenvalue weighted by molar-refractivity contribution is 5.89. The minimum absolute atomic E-state index is 0.0108. The first-order chi connectivity index (χ1) is 15.0. The van der Waals surface area contributed by atoms with Crippen molar-refractivity contribution < 1.29 is 19.1 Å². The number of hydrogen-bond donors (Lipinski definition) is 1. The summed E-state index contributed by atoms with van der Waals surface area (Å²) in [5.41, 5.74) is 1.05. The second kappa shape index (κ2) is 8.95. The van der Waals surface area contributed by atoms with Crippen LogP contribution in [0.4, 0.5) is 0 Å². The molecule has 2 amide bonds. The lowest BCUT2D eigenvalue weighted by Gasteiger charge is -2.19. The van der Waals surface area contributed by atoms with Crippen molar-refractivity contribution in [2.75, 3.05) is 27.3 Å². The summed E-state index contributed by atoms with van der Waals surface area (Å²) in [4.78, 5) is 27.0. The summed E-state index contributed by atoms with van der Waals surface area (Å²) in [5.74, 6) is 2.67. The van der Waals surface area contributed by atoms with Gasteiger partial charge in [0.15, 0.2) is 17.3 Å². The monoisotopic (exact) mass is 427 g/mol. The van der Waals surface area contributed by atoms with Crippen molar-refractivity contribution in [2.45, 2.75) is 45.2 Å². The summed E-state index contributed by atoms with van der Waals surface area (Å²) in [6, 6.07) is 5.51. The van der Waals surface area contributed by atoms with Gasteiger partial charge in [-0.2, -0.15) is 0 Å². The number of methoxy groups -OCH3 is 2. The van der Waals surface area contributed by atoms with Gasteiger partial charge < -0.3 is 24.3 Å². The third kappa shape index (κ3) is 4.35. The quantitative estimate of drug-likeness (QED) is 0.686. The number of benzene rings is 1. The minimum atomic E-state index is -0.346. The number of rotatable bonds is 8. The number of nitrogens with one attached hydrogen (secondary N) is 1. The van der Waals surface area contributed by atoms with Gasteiger partial charge in [-0.25, -0.2) is 0 Å². The van der Waals surface area contributed by atoms with Crippen molar-refractivity contribution in [3.8, 4) is 11.5 Å². The number of nitrogens with zero attached hydrogens (tertiary/aromatic N) is 4. The first-order valence-electron chi connectivity index (χ1n) is 10.7. The highest BCUT2D eigenvalue weighted by atomic mass is 16.5. The van der Waals surface area contributed by atoms with Crippen LogP contribution in [0.3, 0.4) is 0 Å². The maximum Gasteiger partial charge on any atom is 0.226 e. The zero-order chi connectivity index (χ0) is 22.0. The molecule has 2 aromatic rings. The van der Waals surface area contributed by atoms with E-state index in [1.807, 2.05) is 25.1 Å². The molecule has 1 N–H and O–H groups in total. The molecule has 2 atom stereocenters. The van der Waals surface area contributed by atoms with Gasteiger partial charge in [-0.3, -0.25) is 9.59 Å². The fourth-order valence-electron chi connectivity index (χ4n) is 4.35. The Balaban J connectivity index is 1.32. The molecule has 0 radical (unpaired) electrons. The van der Waals surface area contributed by atoms with Gasteiger partial charge >= 0.3 is 0 Å². The van der Waals surface area contributed by atoms with Gasteiger partial charge in [-0.1, -0.05) is 6.07 Å². The summed E-state index contributed by atoms with van der Waals surface area (Å²) in [5, 5.41) is 11.5. The molecule has 9 heteroatoms. The van der Waals surface area contributed by atoms with E-state index in [0.29, 0.717) is 31.0 Å². The normalized spacial score (nSPS) is 18.7. The Bertz CT molecular complexity index is 973. The van der Waals surface area contributed by atoms with Crippen molar-refractivity contribution in [2.24, 2.45) is 5.92 Å². The standard InChI is InChI=1S/C22H29N5O4/c1-14(21-25-24-19-5-4-9-27(19)21)23-22(29)16-12-20(28)26(13-16)10-8-15-6-7-17(30-2)18(11-15)31-3/h6-7,11,14,16H,4-5,8-10,12-13H2,1-3H3,(H,23,29)/t14-,16+/m1/s1. The Morgan fingerprint density at radius 2 is 2.06 bits per heavy atom. The molecule has 2 aliphatic rings. The average Bonchev–Trinajstić information content (AvgIpc) is 3.47. The third-order valence-corrected chi connectivity index (χ3v) is 6.09. The predicted octanol–water partition coefficient (Wildman–Crippen LogP) is 1.51. The van der Waals surface area contributed by atoms with Gasteiger partial charge in [0.1, 0.15) is 5.82 Å². The van der Waals surface area contributed by atoms with Crippen LogP contribution in [0.25, 0.3) is 0 Å². The van der Waals surface area contributed by atoms with Gasteiger partial charge in [-0.15, -0.1) is 10.2 Å². The van der Waals surface area contributed by atoms with E-state index < -0.39 is 0 Å². The molecular formula is C22H29N5O4. The Morgan fingerprint density at radius 1 is 1.26 bits per heavy atom. The SMILES string of the molecule is COc1ccc(CCN2C[C@@H](C(=O)N[C@H](C)c3nnc4n3CCC4)CC2=O)cc1OC. The number of aromatic nitrogens is 3. The largest absolute Gasteiger partial charge is 0.493 e. The van der Waals surface area contributed by atoms with Crippen molar-refractivity contribution in [1.82, 2.24) is 25.0 Å².